The predicted octanol–water partition coefficient (Wildman–Crippen LogP) is 4.14. The molecule has 0 aliphatic rings. The zero-order chi connectivity index (χ0) is 10.4. The first-order valence-electron chi connectivity index (χ1n) is 4.09. The Hall–Kier alpha value is -0.310. The SMILES string of the molecule is CSc1ccccc1NC/C(Cl)=C/Cl. The lowest BCUT2D eigenvalue weighted by atomic mass is 10.3. The maximum Gasteiger partial charge on any atom is 0.0517 e. The number of para-hydroxylation sites is 1. The third-order valence-electron chi connectivity index (χ3n) is 1.67. The van der Waals surface area contributed by atoms with Gasteiger partial charge in [0.1, 0.15) is 0 Å². The monoisotopic (exact) mass is 247 g/mol. The van der Waals surface area contributed by atoms with Crippen molar-refractivity contribution in [3.8, 4) is 0 Å². The standard InChI is InChI=1S/C10H11Cl2NS/c1-14-10-5-3-2-4-9(10)13-7-8(12)6-11/h2-6,13H,7H2,1H3/b8-6-. The van der Waals surface area contributed by atoms with Crippen LogP contribution in [0, 0.1) is 0 Å². The quantitative estimate of drug-likeness (QED) is 0.803. The maximum absolute atomic E-state index is 5.77. The third-order valence-corrected chi connectivity index (χ3v) is 3.09. The summed E-state index contributed by atoms with van der Waals surface area (Å²) in [5, 5.41) is 3.81. The van der Waals surface area contributed by atoms with E-state index in [9.17, 15) is 0 Å². The molecule has 1 aromatic rings. The Morgan fingerprint density at radius 2 is 2.21 bits per heavy atom. The summed E-state index contributed by atoms with van der Waals surface area (Å²) in [4.78, 5) is 1.20. The molecule has 0 aliphatic carbocycles. The van der Waals surface area contributed by atoms with Gasteiger partial charge in [-0.15, -0.1) is 11.8 Å². The van der Waals surface area contributed by atoms with E-state index in [2.05, 4.69) is 11.4 Å². The molecular weight excluding hydrogens is 237 g/mol. The molecule has 14 heavy (non-hydrogen) atoms. The molecule has 1 N–H and O–H groups in total. The molecule has 1 rings (SSSR count). The summed E-state index contributed by atoms with van der Waals surface area (Å²) in [6, 6.07) is 8.08. The lowest BCUT2D eigenvalue weighted by molar-refractivity contribution is 1.27. The highest BCUT2D eigenvalue weighted by Crippen LogP contribution is 2.24. The van der Waals surface area contributed by atoms with Crippen LogP contribution in [0.15, 0.2) is 39.7 Å². The van der Waals surface area contributed by atoms with Crippen molar-refractivity contribution >= 4 is 40.7 Å². The van der Waals surface area contributed by atoms with Gasteiger partial charge in [0.2, 0.25) is 0 Å². The minimum absolute atomic E-state index is 0.558. The van der Waals surface area contributed by atoms with Crippen LogP contribution in [0.2, 0.25) is 0 Å². The van der Waals surface area contributed by atoms with Crippen molar-refractivity contribution in [2.45, 2.75) is 4.90 Å². The molecule has 0 atom stereocenters. The molecule has 0 amide bonds. The van der Waals surface area contributed by atoms with E-state index in [4.69, 9.17) is 23.2 Å². The summed E-state index contributed by atoms with van der Waals surface area (Å²) in [5.41, 5.74) is 2.45. The lowest BCUT2D eigenvalue weighted by Gasteiger charge is -2.08. The number of benzene rings is 1. The van der Waals surface area contributed by atoms with Gasteiger partial charge in [0.25, 0.3) is 0 Å². The van der Waals surface area contributed by atoms with Gasteiger partial charge in [-0.25, -0.2) is 0 Å². The van der Waals surface area contributed by atoms with Crippen LogP contribution < -0.4 is 5.32 Å². The van der Waals surface area contributed by atoms with Crippen molar-refractivity contribution in [1.29, 1.82) is 0 Å². The number of thioether (sulfide) groups is 1. The molecular formula is C10H11Cl2NS. The van der Waals surface area contributed by atoms with Crippen LogP contribution in [0.25, 0.3) is 0 Å². The Balaban J connectivity index is 2.66. The van der Waals surface area contributed by atoms with E-state index in [1.807, 2.05) is 24.5 Å². The number of rotatable bonds is 4. The van der Waals surface area contributed by atoms with Gasteiger partial charge in [-0.05, 0) is 18.4 Å². The summed E-state index contributed by atoms with van der Waals surface area (Å²) in [5.74, 6) is 0. The average molecular weight is 248 g/mol. The van der Waals surface area contributed by atoms with Crippen LogP contribution in [0.4, 0.5) is 5.69 Å². The molecule has 0 saturated carbocycles. The minimum atomic E-state index is 0.558. The molecule has 0 bridgehead atoms. The normalized spacial score (nSPS) is 11.5. The molecule has 0 aromatic heterocycles. The second-order valence-corrected chi connectivity index (χ2v) is 4.16. The van der Waals surface area contributed by atoms with E-state index in [1.54, 1.807) is 11.8 Å². The Labute approximate surface area is 98.5 Å². The first-order chi connectivity index (χ1) is 6.77. The van der Waals surface area contributed by atoms with Crippen molar-refractivity contribution < 1.29 is 0 Å². The van der Waals surface area contributed by atoms with Crippen molar-refractivity contribution in [2.75, 3.05) is 18.1 Å². The molecule has 4 heteroatoms. The Bertz CT molecular complexity index is 326. The molecule has 0 spiro atoms. The fraction of sp³-hybridized carbons (Fsp3) is 0.200. The zero-order valence-corrected chi connectivity index (χ0v) is 10.1. The highest BCUT2D eigenvalue weighted by molar-refractivity contribution is 7.98. The summed E-state index contributed by atoms with van der Waals surface area (Å²) >= 11 is 12.9. The number of anilines is 1. The van der Waals surface area contributed by atoms with Gasteiger partial charge in [0, 0.05) is 21.2 Å². The van der Waals surface area contributed by atoms with Gasteiger partial charge < -0.3 is 5.32 Å². The molecule has 1 nitrogen and oxygen atoms in total. The molecule has 0 heterocycles. The van der Waals surface area contributed by atoms with Gasteiger partial charge in [0.05, 0.1) is 6.54 Å². The third kappa shape index (κ3) is 3.45. The average Bonchev–Trinajstić information content (AvgIpc) is 2.26. The first kappa shape index (κ1) is 11.8. The van der Waals surface area contributed by atoms with Crippen molar-refractivity contribution in [3.05, 3.63) is 34.8 Å². The molecule has 0 unspecified atom stereocenters. The fourth-order valence-corrected chi connectivity index (χ4v) is 1.73. The fourth-order valence-electron chi connectivity index (χ4n) is 1.01. The number of halogens is 2. The maximum atomic E-state index is 5.77. The van der Waals surface area contributed by atoms with Crippen LogP contribution in [0.5, 0.6) is 0 Å². The van der Waals surface area contributed by atoms with E-state index >= 15 is 0 Å². The smallest absolute Gasteiger partial charge is 0.0517 e. The van der Waals surface area contributed by atoms with E-state index in [-0.39, 0.29) is 0 Å². The van der Waals surface area contributed by atoms with Crippen LogP contribution >= 0.6 is 35.0 Å². The molecule has 0 saturated heterocycles. The molecule has 76 valence electrons. The Kier molecular flexibility index (Phi) is 5.23. The second kappa shape index (κ2) is 6.23. The highest BCUT2D eigenvalue weighted by Gasteiger charge is 1.99. The summed E-state index contributed by atoms with van der Waals surface area (Å²) < 4.78 is 0. The molecule has 1 aromatic carbocycles. The number of nitrogens with one attached hydrogen (secondary N) is 1. The van der Waals surface area contributed by atoms with Crippen LogP contribution in [0.1, 0.15) is 0 Å². The number of hydrogen-bond donors (Lipinski definition) is 1. The Morgan fingerprint density at radius 1 is 1.50 bits per heavy atom. The van der Waals surface area contributed by atoms with Crippen molar-refractivity contribution in [1.82, 2.24) is 0 Å². The molecule has 0 radical (unpaired) electrons. The van der Waals surface area contributed by atoms with Gasteiger partial charge in [-0.2, -0.15) is 0 Å². The van der Waals surface area contributed by atoms with Gasteiger partial charge >= 0.3 is 0 Å². The van der Waals surface area contributed by atoms with E-state index in [0.29, 0.717) is 11.6 Å². The van der Waals surface area contributed by atoms with Crippen LogP contribution in [0.3, 0.4) is 0 Å². The summed E-state index contributed by atoms with van der Waals surface area (Å²) in [6.07, 6.45) is 2.04. The van der Waals surface area contributed by atoms with Crippen LogP contribution in [-0.2, 0) is 0 Å². The predicted molar refractivity (Wildman–Crippen MR) is 66.5 cm³/mol. The lowest BCUT2D eigenvalue weighted by Crippen LogP contribution is -2.01. The van der Waals surface area contributed by atoms with Gasteiger partial charge in [-0.1, -0.05) is 35.3 Å². The molecule has 0 aliphatic heterocycles. The largest absolute Gasteiger partial charge is 0.379 e. The van der Waals surface area contributed by atoms with Gasteiger partial charge in [0.15, 0.2) is 0 Å². The Morgan fingerprint density at radius 3 is 2.86 bits per heavy atom. The summed E-state index contributed by atoms with van der Waals surface area (Å²) in [7, 11) is 0. The van der Waals surface area contributed by atoms with Crippen molar-refractivity contribution in [2.24, 2.45) is 0 Å². The van der Waals surface area contributed by atoms with Crippen LogP contribution in [-0.4, -0.2) is 12.8 Å². The number of hydrogen-bond acceptors (Lipinski definition) is 2. The van der Waals surface area contributed by atoms with E-state index < -0.39 is 0 Å². The minimum Gasteiger partial charge on any atom is -0.379 e. The van der Waals surface area contributed by atoms with Crippen molar-refractivity contribution in [3.63, 3.8) is 0 Å². The summed E-state index contributed by atoms with van der Waals surface area (Å²) in [6.45, 7) is 0.558. The zero-order valence-electron chi connectivity index (χ0n) is 7.76. The van der Waals surface area contributed by atoms with E-state index in [1.165, 1.54) is 10.4 Å². The van der Waals surface area contributed by atoms with Gasteiger partial charge in [-0.3, -0.25) is 0 Å². The highest BCUT2D eigenvalue weighted by atomic mass is 35.5. The molecule has 0 fully saturated rings. The first-order valence-corrected chi connectivity index (χ1v) is 6.13. The second-order valence-electron chi connectivity index (χ2n) is 2.61. The van der Waals surface area contributed by atoms with E-state index in [0.717, 1.165) is 5.69 Å². The topological polar surface area (TPSA) is 12.0 Å².